The molecule has 0 aromatic heterocycles. The van der Waals surface area contributed by atoms with E-state index in [0.717, 1.165) is 56.2 Å². The molecular formula is C34H47NO3. The second-order valence-corrected chi connectivity index (χ2v) is 9.83. The smallest absolute Gasteiger partial charge is 0.306 e. The number of esters is 1. The molecule has 0 radical (unpaired) electrons. The fourth-order valence-corrected chi connectivity index (χ4v) is 4.27. The van der Waals surface area contributed by atoms with Crippen molar-refractivity contribution in [2.24, 2.45) is 0 Å². The van der Waals surface area contributed by atoms with Crippen molar-refractivity contribution in [1.82, 2.24) is 0 Å². The molecule has 0 unspecified atom stereocenters. The fourth-order valence-electron chi connectivity index (χ4n) is 4.27. The SMILES string of the molecule is CCCCC/C=C\C/C=C\CCCCCCCC(=O)OCC(=O)Nc1ccccc1CCc1ccccc1. The summed E-state index contributed by atoms with van der Waals surface area (Å²) in [4.78, 5) is 24.4. The fraction of sp³-hybridized carbons (Fsp3) is 0.471. The number of unbranched alkanes of at least 4 members (excludes halogenated alkanes) is 8. The Morgan fingerprint density at radius 2 is 1.39 bits per heavy atom. The Bertz CT molecular complexity index is 965. The number of aryl methyl sites for hydroxylation is 2. The molecule has 2 aromatic rings. The Labute approximate surface area is 230 Å². The lowest BCUT2D eigenvalue weighted by molar-refractivity contribution is -0.147. The molecule has 0 saturated carbocycles. The van der Waals surface area contributed by atoms with Gasteiger partial charge in [-0.25, -0.2) is 0 Å². The van der Waals surface area contributed by atoms with Gasteiger partial charge in [-0.2, -0.15) is 0 Å². The second kappa shape index (κ2) is 20.9. The molecule has 2 aromatic carbocycles. The van der Waals surface area contributed by atoms with Gasteiger partial charge in [0.1, 0.15) is 0 Å². The highest BCUT2D eigenvalue weighted by molar-refractivity contribution is 5.93. The average Bonchev–Trinajstić information content (AvgIpc) is 2.94. The van der Waals surface area contributed by atoms with Gasteiger partial charge in [0.05, 0.1) is 0 Å². The van der Waals surface area contributed by atoms with E-state index < -0.39 is 0 Å². The summed E-state index contributed by atoms with van der Waals surface area (Å²) in [5.41, 5.74) is 3.11. The first kappa shape index (κ1) is 31.1. The third-order valence-corrected chi connectivity index (χ3v) is 6.51. The van der Waals surface area contributed by atoms with Crippen molar-refractivity contribution < 1.29 is 14.3 Å². The van der Waals surface area contributed by atoms with E-state index in [2.05, 4.69) is 48.7 Å². The van der Waals surface area contributed by atoms with Crippen LogP contribution in [0.1, 0.15) is 95.1 Å². The van der Waals surface area contributed by atoms with Gasteiger partial charge in [-0.1, -0.05) is 112 Å². The molecule has 0 bridgehead atoms. The van der Waals surface area contributed by atoms with Crippen LogP contribution < -0.4 is 5.32 Å². The molecule has 0 atom stereocenters. The number of hydrogen-bond acceptors (Lipinski definition) is 3. The van der Waals surface area contributed by atoms with Crippen molar-refractivity contribution in [3.05, 3.63) is 90.0 Å². The first-order chi connectivity index (χ1) is 18.7. The number of hydrogen-bond donors (Lipinski definition) is 1. The van der Waals surface area contributed by atoms with Gasteiger partial charge in [0.2, 0.25) is 0 Å². The molecule has 0 aliphatic heterocycles. The maximum Gasteiger partial charge on any atom is 0.306 e. The Morgan fingerprint density at radius 3 is 2.16 bits per heavy atom. The van der Waals surface area contributed by atoms with Crippen LogP contribution in [0, 0.1) is 0 Å². The van der Waals surface area contributed by atoms with Crippen molar-refractivity contribution >= 4 is 17.6 Å². The van der Waals surface area contributed by atoms with Crippen molar-refractivity contribution in [1.29, 1.82) is 0 Å². The third-order valence-electron chi connectivity index (χ3n) is 6.51. The van der Waals surface area contributed by atoms with Crippen molar-refractivity contribution in [3.63, 3.8) is 0 Å². The highest BCUT2D eigenvalue weighted by Gasteiger charge is 2.10. The molecule has 0 aliphatic carbocycles. The Hall–Kier alpha value is -3.14. The van der Waals surface area contributed by atoms with E-state index in [9.17, 15) is 9.59 Å². The van der Waals surface area contributed by atoms with E-state index in [4.69, 9.17) is 4.74 Å². The number of rotatable bonds is 20. The number of para-hydroxylation sites is 1. The van der Waals surface area contributed by atoms with Crippen LogP contribution >= 0.6 is 0 Å². The maximum absolute atomic E-state index is 12.4. The lowest BCUT2D eigenvalue weighted by Crippen LogP contribution is -2.21. The van der Waals surface area contributed by atoms with Crippen molar-refractivity contribution in [2.45, 2.75) is 96.8 Å². The topological polar surface area (TPSA) is 55.4 Å². The van der Waals surface area contributed by atoms with Crippen molar-refractivity contribution in [2.75, 3.05) is 11.9 Å². The number of benzene rings is 2. The van der Waals surface area contributed by atoms with Crippen LogP contribution in [-0.2, 0) is 27.2 Å². The van der Waals surface area contributed by atoms with Crippen LogP contribution in [0.3, 0.4) is 0 Å². The quantitative estimate of drug-likeness (QED) is 0.108. The summed E-state index contributed by atoms with van der Waals surface area (Å²) >= 11 is 0. The number of carbonyl (C=O) groups excluding carboxylic acids is 2. The van der Waals surface area contributed by atoms with Crippen LogP contribution in [0.4, 0.5) is 5.69 Å². The molecule has 4 nitrogen and oxygen atoms in total. The summed E-state index contributed by atoms with van der Waals surface area (Å²) in [6, 6.07) is 18.1. The van der Waals surface area contributed by atoms with Gasteiger partial charge in [0.15, 0.2) is 6.61 Å². The minimum Gasteiger partial charge on any atom is -0.456 e. The molecule has 1 N–H and O–H groups in total. The van der Waals surface area contributed by atoms with E-state index >= 15 is 0 Å². The summed E-state index contributed by atoms with van der Waals surface area (Å²) < 4.78 is 5.20. The summed E-state index contributed by atoms with van der Waals surface area (Å²) in [5.74, 6) is -0.603. The van der Waals surface area contributed by atoms with Gasteiger partial charge >= 0.3 is 5.97 Å². The molecule has 0 aliphatic rings. The van der Waals surface area contributed by atoms with Crippen LogP contribution in [0.15, 0.2) is 78.9 Å². The summed E-state index contributed by atoms with van der Waals surface area (Å²) in [5, 5.41) is 2.90. The van der Waals surface area contributed by atoms with Gasteiger partial charge in [0, 0.05) is 12.1 Å². The summed E-state index contributed by atoms with van der Waals surface area (Å²) in [6.45, 7) is 1.99. The van der Waals surface area contributed by atoms with Crippen LogP contribution in [0.5, 0.6) is 0 Å². The zero-order valence-electron chi connectivity index (χ0n) is 23.3. The molecule has 38 heavy (non-hydrogen) atoms. The second-order valence-electron chi connectivity index (χ2n) is 9.83. The number of ether oxygens (including phenoxy) is 1. The summed E-state index contributed by atoms with van der Waals surface area (Å²) in [6.07, 6.45) is 23.8. The highest BCUT2D eigenvalue weighted by Crippen LogP contribution is 2.18. The minimum atomic E-state index is -0.303. The third kappa shape index (κ3) is 15.2. The highest BCUT2D eigenvalue weighted by atomic mass is 16.5. The molecule has 1 amide bonds. The number of nitrogens with one attached hydrogen (secondary N) is 1. The van der Waals surface area contributed by atoms with Gasteiger partial charge < -0.3 is 10.1 Å². The predicted molar refractivity (Wildman–Crippen MR) is 159 cm³/mol. The molecule has 0 heterocycles. The van der Waals surface area contributed by atoms with Crippen LogP contribution in [0.2, 0.25) is 0 Å². The number of amides is 1. The zero-order chi connectivity index (χ0) is 27.1. The molecule has 206 valence electrons. The van der Waals surface area contributed by atoms with E-state index in [-0.39, 0.29) is 18.5 Å². The van der Waals surface area contributed by atoms with Gasteiger partial charge in [-0.05, 0) is 68.6 Å². The Morgan fingerprint density at radius 1 is 0.737 bits per heavy atom. The molecule has 0 saturated heterocycles. The molecule has 0 fully saturated rings. The van der Waals surface area contributed by atoms with E-state index in [1.807, 2.05) is 42.5 Å². The predicted octanol–water partition coefficient (Wildman–Crippen LogP) is 8.77. The lowest BCUT2D eigenvalue weighted by Gasteiger charge is -2.11. The van der Waals surface area contributed by atoms with E-state index in [0.29, 0.717) is 6.42 Å². The first-order valence-corrected chi connectivity index (χ1v) is 14.6. The zero-order valence-corrected chi connectivity index (χ0v) is 23.3. The number of carbonyl (C=O) groups is 2. The van der Waals surface area contributed by atoms with Gasteiger partial charge in [-0.3, -0.25) is 9.59 Å². The van der Waals surface area contributed by atoms with E-state index in [1.54, 1.807) is 0 Å². The number of anilines is 1. The normalized spacial score (nSPS) is 11.3. The van der Waals surface area contributed by atoms with Crippen LogP contribution in [0.25, 0.3) is 0 Å². The molecule has 4 heteroatoms. The Balaban J connectivity index is 1.50. The molecule has 0 spiro atoms. The first-order valence-electron chi connectivity index (χ1n) is 14.6. The minimum absolute atomic E-state index is 0.244. The lowest BCUT2D eigenvalue weighted by atomic mass is 10.0. The van der Waals surface area contributed by atoms with E-state index in [1.165, 1.54) is 44.1 Å². The Kier molecular flexibility index (Phi) is 17.1. The standard InChI is InChI=1S/C34H47NO3/c1-2-3-4-5-6-7-8-9-10-11-12-13-14-15-19-26-34(37)38-29-33(36)35-32-25-21-20-24-31(32)28-27-30-22-17-16-18-23-30/h6-7,9-10,16-18,20-25H,2-5,8,11-15,19,26-29H2,1H3,(H,35,36)/b7-6-,10-9-. The van der Waals surface area contributed by atoms with Crippen molar-refractivity contribution in [3.8, 4) is 0 Å². The maximum atomic E-state index is 12.4. The summed E-state index contributed by atoms with van der Waals surface area (Å²) in [7, 11) is 0. The van der Waals surface area contributed by atoms with Gasteiger partial charge in [0.25, 0.3) is 5.91 Å². The average molecular weight is 518 g/mol. The molecule has 2 rings (SSSR count). The molecular weight excluding hydrogens is 470 g/mol. The van der Waals surface area contributed by atoms with Gasteiger partial charge in [-0.15, -0.1) is 0 Å². The monoisotopic (exact) mass is 517 g/mol. The van der Waals surface area contributed by atoms with Crippen LogP contribution in [-0.4, -0.2) is 18.5 Å². The largest absolute Gasteiger partial charge is 0.456 e. The number of allylic oxidation sites excluding steroid dienone is 4.